The highest BCUT2D eigenvalue weighted by molar-refractivity contribution is 6.08. The van der Waals surface area contributed by atoms with Crippen LogP contribution < -0.4 is 10.6 Å². The summed E-state index contributed by atoms with van der Waals surface area (Å²) in [7, 11) is 2.43. The maximum Gasteiger partial charge on any atom is 0.355 e. The number of fused-ring (bicyclic) bond motifs is 1. The molecule has 0 radical (unpaired) electrons. The number of carbonyl (C=O) groups excluding carboxylic acids is 2. The SMILES string of the molecule is COC(=O)C1=C(C(=O)OC)N(c2cccc3ccc(C)nc23)C(N)=C(C#N)C1c1ccccc1. The van der Waals surface area contributed by atoms with Crippen molar-refractivity contribution in [3.8, 4) is 6.07 Å². The number of pyridine rings is 1. The highest BCUT2D eigenvalue weighted by Crippen LogP contribution is 2.44. The zero-order chi connectivity index (χ0) is 24.4. The van der Waals surface area contributed by atoms with Gasteiger partial charge in [0.1, 0.15) is 11.5 Å². The maximum absolute atomic E-state index is 13.2. The average molecular weight is 454 g/mol. The van der Waals surface area contributed by atoms with Gasteiger partial charge in [0.05, 0.1) is 48.6 Å². The van der Waals surface area contributed by atoms with Gasteiger partial charge < -0.3 is 15.2 Å². The summed E-state index contributed by atoms with van der Waals surface area (Å²) in [4.78, 5) is 32.3. The van der Waals surface area contributed by atoms with Gasteiger partial charge in [-0.2, -0.15) is 5.26 Å². The summed E-state index contributed by atoms with van der Waals surface area (Å²) in [6.07, 6.45) is 0. The number of nitriles is 1. The predicted octanol–water partition coefficient (Wildman–Crippen LogP) is 3.44. The summed E-state index contributed by atoms with van der Waals surface area (Å²) in [5, 5.41) is 10.9. The Hall–Kier alpha value is -4.64. The molecule has 1 atom stereocenters. The van der Waals surface area contributed by atoms with E-state index in [2.05, 4.69) is 11.1 Å². The summed E-state index contributed by atoms with van der Waals surface area (Å²) >= 11 is 0. The fraction of sp³-hybridized carbons (Fsp3) is 0.154. The minimum Gasteiger partial charge on any atom is -0.466 e. The number of ether oxygens (including phenoxy) is 2. The highest BCUT2D eigenvalue weighted by Gasteiger charge is 2.43. The number of methoxy groups -OCH3 is 2. The van der Waals surface area contributed by atoms with E-state index >= 15 is 0 Å². The number of para-hydroxylation sites is 1. The van der Waals surface area contributed by atoms with Crippen molar-refractivity contribution < 1.29 is 19.1 Å². The van der Waals surface area contributed by atoms with Gasteiger partial charge in [-0.25, -0.2) is 9.59 Å². The van der Waals surface area contributed by atoms with Gasteiger partial charge in [0.25, 0.3) is 0 Å². The lowest BCUT2D eigenvalue weighted by Gasteiger charge is -2.36. The van der Waals surface area contributed by atoms with Gasteiger partial charge in [0, 0.05) is 11.1 Å². The van der Waals surface area contributed by atoms with Gasteiger partial charge in [0.2, 0.25) is 0 Å². The molecule has 8 heteroatoms. The van der Waals surface area contributed by atoms with E-state index in [0.717, 1.165) is 11.1 Å². The lowest BCUT2D eigenvalue weighted by Crippen LogP contribution is -2.40. The molecule has 3 aromatic rings. The first kappa shape index (κ1) is 22.6. The van der Waals surface area contributed by atoms with E-state index in [9.17, 15) is 14.9 Å². The van der Waals surface area contributed by atoms with Gasteiger partial charge in [-0.1, -0.05) is 48.5 Å². The molecule has 170 valence electrons. The summed E-state index contributed by atoms with van der Waals surface area (Å²) in [6, 6.07) is 20.1. The van der Waals surface area contributed by atoms with Gasteiger partial charge in [-0.15, -0.1) is 0 Å². The van der Waals surface area contributed by atoms with E-state index in [1.165, 1.54) is 19.1 Å². The van der Waals surface area contributed by atoms with Crippen LogP contribution in [0.2, 0.25) is 0 Å². The maximum atomic E-state index is 13.2. The molecule has 2 aromatic carbocycles. The van der Waals surface area contributed by atoms with Crippen LogP contribution in [0.15, 0.2) is 83.3 Å². The van der Waals surface area contributed by atoms with Gasteiger partial charge in [-0.05, 0) is 24.6 Å². The topological polar surface area (TPSA) is 119 Å². The molecule has 2 N–H and O–H groups in total. The van der Waals surface area contributed by atoms with Crippen molar-refractivity contribution in [1.82, 2.24) is 4.98 Å². The van der Waals surface area contributed by atoms with E-state index in [1.54, 1.807) is 36.4 Å². The molecule has 4 rings (SSSR count). The third-order valence-corrected chi connectivity index (χ3v) is 5.69. The Labute approximate surface area is 196 Å². The Balaban J connectivity index is 2.13. The number of esters is 2. The van der Waals surface area contributed by atoms with Crippen LogP contribution in [0.1, 0.15) is 17.2 Å². The zero-order valence-corrected chi connectivity index (χ0v) is 18.9. The third-order valence-electron chi connectivity index (χ3n) is 5.69. The number of anilines is 1. The van der Waals surface area contributed by atoms with Crippen molar-refractivity contribution in [2.45, 2.75) is 12.8 Å². The van der Waals surface area contributed by atoms with Crippen molar-refractivity contribution in [1.29, 1.82) is 5.26 Å². The van der Waals surface area contributed by atoms with E-state index in [0.29, 0.717) is 16.8 Å². The summed E-state index contributed by atoms with van der Waals surface area (Å²) < 4.78 is 10.1. The molecule has 1 aromatic heterocycles. The molecule has 8 nitrogen and oxygen atoms in total. The number of benzene rings is 2. The molecule has 0 aliphatic carbocycles. The fourth-order valence-electron chi connectivity index (χ4n) is 4.17. The standard InChI is InChI=1S/C26H22N4O4/c1-15-12-13-17-10-7-11-19(22(17)29-15)30-23(26(32)34-3)21(25(31)33-2)20(18(14-27)24(30)28)16-8-5-4-6-9-16/h4-13,20H,28H2,1-3H3. The lowest BCUT2D eigenvalue weighted by molar-refractivity contribution is -0.139. The largest absolute Gasteiger partial charge is 0.466 e. The van der Waals surface area contributed by atoms with Crippen LogP contribution in [-0.4, -0.2) is 31.1 Å². The molecule has 2 heterocycles. The number of hydrogen-bond acceptors (Lipinski definition) is 8. The first-order valence-electron chi connectivity index (χ1n) is 10.4. The van der Waals surface area contributed by atoms with Crippen LogP contribution in [0.4, 0.5) is 5.69 Å². The number of hydrogen-bond donors (Lipinski definition) is 1. The molecule has 0 amide bonds. The summed E-state index contributed by atoms with van der Waals surface area (Å²) in [5.41, 5.74) is 8.83. The van der Waals surface area contributed by atoms with Crippen LogP contribution in [-0.2, 0) is 19.1 Å². The van der Waals surface area contributed by atoms with Crippen molar-refractivity contribution in [3.05, 3.63) is 94.6 Å². The molecule has 0 spiro atoms. The summed E-state index contributed by atoms with van der Waals surface area (Å²) in [5.74, 6) is -2.50. The average Bonchev–Trinajstić information content (AvgIpc) is 2.87. The lowest BCUT2D eigenvalue weighted by atomic mass is 9.81. The molecule has 0 saturated heterocycles. The molecule has 0 bridgehead atoms. The predicted molar refractivity (Wildman–Crippen MR) is 126 cm³/mol. The van der Waals surface area contributed by atoms with Gasteiger partial charge in [-0.3, -0.25) is 9.88 Å². The highest BCUT2D eigenvalue weighted by atomic mass is 16.5. The normalized spacial score (nSPS) is 15.8. The van der Waals surface area contributed by atoms with E-state index in [1.807, 2.05) is 31.2 Å². The number of aryl methyl sites for hydroxylation is 1. The van der Waals surface area contributed by atoms with Crippen LogP contribution in [0.25, 0.3) is 10.9 Å². The summed E-state index contributed by atoms with van der Waals surface area (Å²) in [6.45, 7) is 1.84. The van der Waals surface area contributed by atoms with Gasteiger partial charge in [0.15, 0.2) is 0 Å². The molecule has 1 aliphatic heterocycles. The van der Waals surface area contributed by atoms with Crippen LogP contribution in [0.5, 0.6) is 0 Å². The number of rotatable bonds is 4. The Bertz CT molecular complexity index is 1400. The number of carbonyl (C=O) groups is 2. The first-order chi connectivity index (χ1) is 16.4. The minimum atomic E-state index is -0.923. The zero-order valence-electron chi connectivity index (χ0n) is 18.9. The Morgan fingerprint density at radius 1 is 1.00 bits per heavy atom. The third kappa shape index (κ3) is 3.63. The first-order valence-corrected chi connectivity index (χ1v) is 10.4. The van der Waals surface area contributed by atoms with E-state index < -0.39 is 17.9 Å². The minimum absolute atomic E-state index is 0.000197. The molecule has 1 aliphatic rings. The second-order valence-corrected chi connectivity index (χ2v) is 7.64. The molecular formula is C26H22N4O4. The molecule has 0 saturated carbocycles. The van der Waals surface area contributed by atoms with E-state index in [4.69, 9.17) is 15.2 Å². The van der Waals surface area contributed by atoms with Crippen LogP contribution in [0, 0.1) is 18.3 Å². The Kier molecular flexibility index (Phi) is 6.02. The second-order valence-electron chi connectivity index (χ2n) is 7.64. The number of nitrogens with two attached hydrogens (primary N) is 1. The van der Waals surface area contributed by atoms with Crippen LogP contribution in [0.3, 0.4) is 0 Å². The fourth-order valence-corrected chi connectivity index (χ4v) is 4.17. The van der Waals surface area contributed by atoms with Crippen molar-refractivity contribution in [3.63, 3.8) is 0 Å². The molecule has 34 heavy (non-hydrogen) atoms. The van der Waals surface area contributed by atoms with E-state index in [-0.39, 0.29) is 22.7 Å². The van der Waals surface area contributed by atoms with Crippen LogP contribution >= 0.6 is 0 Å². The second kappa shape index (κ2) is 9.08. The Morgan fingerprint density at radius 2 is 1.71 bits per heavy atom. The van der Waals surface area contributed by atoms with Crippen molar-refractivity contribution in [2.75, 3.05) is 19.1 Å². The van der Waals surface area contributed by atoms with Crippen molar-refractivity contribution in [2.24, 2.45) is 5.73 Å². The quantitative estimate of drug-likeness (QED) is 0.596. The monoisotopic (exact) mass is 454 g/mol. The molecular weight excluding hydrogens is 432 g/mol. The number of aromatic nitrogens is 1. The van der Waals surface area contributed by atoms with Gasteiger partial charge >= 0.3 is 11.9 Å². The number of allylic oxidation sites excluding steroid dienone is 1. The van der Waals surface area contributed by atoms with Crippen molar-refractivity contribution >= 4 is 28.5 Å². The molecule has 1 unspecified atom stereocenters. The molecule has 0 fully saturated rings. The number of nitrogens with zero attached hydrogens (tertiary/aromatic N) is 3. The smallest absolute Gasteiger partial charge is 0.355 e. The Morgan fingerprint density at radius 3 is 2.35 bits per heavy atom.